The Morgan fingerprint density at radius 3 is 2.80 bits per heavy atom. The van der Waals surface area contributed by atoms with Crippen molar-refractivity contribution < 1.29 is 18.4 Å². The Morgan fingerprint density at radius 1 is 1.32 bits per heavy atom. The maximum absolute atomic E-state index is 13.9. The topological polar surface area (TPSA) is 90.0 Å². The highest BCUT2D eigenvalue weighted by molar-refractivity contribution is 5.94. The molecule has 0 spiro atoms. The summed E-state index contributed by atoms with van der Waals surface area (Å²) < 4.78 is 29.1. The SMILES string of the molecule is Cc1cc(F)c(C(=O)NCC2CCn3ncc(C(N)=O)c3C2)cc1F. The van der Waals surface area contributed by atoms with Gasteiger partial charge in [0.15, 0.2) is 0 Å². The van der Waals surface area contributed by atoms with E-state index in [2.05, 4.69) is 10.4 Å². The number of hydrogen-bond acceptors (Lipinski definition) is 3. The van der Waals surface area contributed by atoms with Gasteiger partial charge in [-0.05, 0) is 43.4 Å². The molecule has 0 bridgehead atoms. The Morgan fingerprint density at radius 2 is 2.08 bits per heavy atom. The summed E-state index contributed by atoms with van der Waals surface area (Å²) in [6.45, 7) is 2.33. The molecule has 0 radical (unpaired) electrons. The maximum atomic E-state index is 13.9. The summed E-state index contributed by atoms with van der Waals surface area (Å²) in [6, 6.07) is 1.91. The van der Waals surface area contributed by atoms with E-state index in [0.29, 0.717) is 18.5 Å². The monoisotopic (exact) mass is 348 g/mol. The van der Waals surface area contributed by atoms with Gasteiger partial charge in [-0.1, -0.05) is 0 Å². The Labute approximate surface area is 143 Å². The molecule has 1 aromatic carbocycles. The first-order chi connectivity index (χ1) is 11.9. The van der Waals surface area contributed by atoms with E-state index in [-0.39, 0.29) is 23.6 Å². The lowest BCUT2D eigenvalue weighted by molar-refractivity contribution is 0.0937. The summed E-state index contributed by atoms with van der Waals surface area (Å²) >= 11 is 0. The lowest BCUT2D eigenvalue weighted by Gasteiger charge is -2.24. The number of aromatic nitrogens is 2. The molecule has 1 aromatic heterocycles. The second-order valence-corrected chi connectivity index (χ2v) is 6.24. The van der Waals surface area contributed by atoms with Crippen LogP contribution in [0.25, 0.3) is 0 Å². The average Bonchev–Trinajstić information content (AvgIpc) is 2.99. The molecule has 0 fully saturated rings. The molecule has 1 unspecified atom stereocenters. The fraction of sp³-hybridized carbons (Fsp3) is 0.353. The number of primary amides is 1. The molecular weight excluding hydrogens is 330 g/mol. The fourth-order valence-corrected chi connectivity index (χ4v) is 3.03. The predicted octanol–water partition coefficient (Wildman–Crippen LogP) is 1.56. The number of nitrogens with two attached hydrogens (primary N) is 1. The molecule has 1 aliphatic heterocycles. The second kappa shape index (κ2) is 6.62. The van der Waals surface area contributed by atoms with Gasteiger partial charge >= 0.3 is 0 Å². The lowest BCUT2D eigenvalue weighted by Crippen LogP contribution is -2.34. The molecule has 1 atom stereocenters. The van der Waals surface area contributed by atoms with Crippen molar-refractivity contribution in [3.05, 3.63) is 52.3 Å². The van der Waals surface area contributed by atoms with E-state index in [1.54, 1.807) is 4.68 Å². The summed E-state index contributed by atoms with van der Waals surface area (Å²) in [4.78, 5) is 23.5. The molecule has 3 rings (SSSR count). The van der Waals surface area contributed by atoms with Crippen LogP contribution in [0.1, 0.15) is 38.4 Å². The van der Waals surface area contributed by atoms with Gasteiger partial charge in [0.25, 0.3) is 11.8 Å². The van der Waals surface area contributed by atoms with Crippen LogP contribution in [0.3, 0.4) is 0 Å². The molecule has 6 nitrogen and oxygen atoms in total. The minimum Gasteiger partial charge on any atom is -0.365 e. The van der Waals surface area contributed by atoms with E-state index in [0.717, 1.165) is 24.2 Å². The molecular formula is C17H18F2N4O2. The number of hydrogen-bond donors (Lipinski definition) is 2. The summed E-state index contributed by atoms with van der Waals surface area (Å²) in [5.41, 5.74) is 6.28. The zero-order chi connectivity index (χ0) is 18.1. The van der Waals surface area contributed by atoms with Gasteiger partial charge in [-0.15, -0.1) is 0 Å². The third kappa shape index (κ3) is 3.38. The van der Waals surface area contributed by atoms with Crippen molar-refractivity contribution in [1.29, 1.82) is 0 Å². The number of carbonyl (C=O) groups is 2. The van der Waals surface area contributed by atoms with Gasteiger partial charge in [0.05, 0.1) is 23.0 Å². The van der Waals surface area contributed by atoms with Crippen LogP contribution in [-0.2, 0) is 13.0 Å². The summed E-state index contributed by atoms with van der Waals surface area (Å²) in [5, 5.41) is 6.76. The number of fused-ring (bicyclic) bond motifs is 1. The quantitative estimate of drug-likeness (QED) is 0.879. The van der Waals surface area contributed by atoms with Crippen molar-refractivity contribution in [3.8, 4) is 0 Å². The van der Waals surface area contributed by atoms with Crippen molar-refractivity contribution in [2.45, 2.75) is 26.3 Å². The third-order valence-corrected chi connectivity index (χ3v) is 4.49. The molecule has 0 aliphatic carbocycles. The maximum Gasteiger partial charge on any atom is 0.254 e. The minimum atomic E-state index is -0.755. The normalized spacial score (nSPS) is 16.4. The molecule has 2 amide bonds. The van der Waals surface area contributed by atoms with E-state index in [1.807, 2.05) is 0 Å². The molecule has 25 heavy (non-hydrogen) atoms. The molecule has 2 aromatic rings. The number of nitrogens with one attached hydrogen (secondary N) is 1. The van der Waals surface area contributed by atoms with Crippen LogP contribution in [0.5, 0.6) is 0 Å². The smallest absolute Gasteiger partial charge is 0.254 e. The third-order valence-electron chi connectivity index (χ3n) is 4.49. The average molecular weight is 348 g/mol. The molecule has 132 valence electrons. The molecule has 3 N–H and O–H groups in total. The lowest BCUT2D eigenvalue weighted by atomic mass is 9.94. The van der Waals surface area contributed by atoms with Gasteiger partial charge in [-0.3, -0.25) is 14.3 Å². The minimum absolute atomic E-state index is 0.0598. The van der Waals surface area contributed by atoms with Crippen molar-refractivity contribution in [3.63, 3.8) is 0 Å². The molecule has 2 heterocycles. The number of amides is 2. The van der Waals surface area contributed by atoms with Crippen LogP contribution in [-0.4, -0.2) is 28.1 Å². The largest absolute Gasteiger partial charge is 0.365 e. The number of benzene rings is 1. The van der Waals surface area contributed by atoms with Crippen LogP contribution in [0.15, 0.2) is 18.3 Å². The van der Waals surface area contributed by atoms with Crippen LogP contribution >= 0.6 is 0 Å². The van der Waals surface area contributed by atoms with Crippen molar-refractivity contribution in [2.75, 3.05) is 6.54 Å². The molecule has 8 heteroatoms. The van der Waals surface area contributed by atoms with Crippen LogP contribution < -0.4 is 11.1 Å². The van der Waals surface area contributed by atoms with Gasteiger partial charge in [-0.2, -0.15) is 5.10 Å². The van der Waals surface area contributed by atoms with Gasteiger partial charge < -0.3 is 11.1 Å². The van der Waals surface area contributed by atoms with E-state index in [1.165, 1.54) is 13.1 Å². The van der Waals surface area contributed by atoms with Crippen molar-refractivity contribution >= 4 is 11.8 Å². The standard InChI is InChI=1S/C17H18F2N4O2/c1-9-4-14(19)11(6-13(9)18)17(25)21-7-10-2-3-23-15(5-10)12(8-22-23)16(20)24/h4,6,8,10H,2-3,5,7H2,1H3,(H2,20,24)(H,21,25). The Kier molecular flexibility index (Phi) is 4.52. The van der Waals surface area contributed by atoms with Crippen molar-refractivity contribution in [2.24, 2.45) is 11.7 Å². The summed E-state index contributed by atoms with van der Waals surface area (Å²) in [7, 11) is 0. The van der Waals surface area contributed by atoms with Crippen LogP contribution in [0, 0.1) is 24.5 Å². The van der Waals surface area contributed by atoms with Crippen molar-refractivity contribution in [1.82, 2.24) is 15.1 Å². The first kappa shape index (κ1) is 17.1. The highest BCUT2D eigenvalue weighted by atomic mass is 19.1. The van der Waals surface area contributed by atoms with Crippen LogP contribution in [0.2, 0.25) is 0 Å². The number of nitrogens with zero attached hydrogens (tertiary/aromatic N) is 2. The Bertz CT molecular complexity index is 847. The van der Waals surface area contributed by atoms with Gasteiger partial charge in [0.1, 0.15) is 11.6 Å². The number of halogens is 2. The highest BCUT2D eigenvalue weighted by Gasteiger charge is 2.25. The van der Waals surface area contributed by atoms with E-state index < -0.39 is 23.4 Å². The van der Waals surface area contributed by atoms with Gasteiger partial charge in [0, 0.05) is 13.1 Å². The first-order valence-corrected chi connectivity index (χ1v) is 7.95. The first-order valence-electron chi connectivity index (χ1n) is 7.95. The van der Waals surface area contributed by atoms with E-state index in [9.17, 15) is 18.4 Å². The number of aryl methyl sites for hydroxylation is 2. The zero-order valence-electron chi connectivity index (χ0n) is 13.7. The molecule has 1 aliphatic rings. The van der Waals surface area contributed by atoms with E-state index in [4.69, 9.17) is 5.73 Å². The summed E-state index contributed by atoms with van der Waals surface area (Å²) in [5.74, 6) is -2.52. The fourth-order valence-electron chi connectivity index (χ4n) is 3.03. The van der Waals surface area contributed by atoms with Gasteiger partial charge in [0.2, 0.25) is 0 Å². The zero-order valence-corrected chi connectivity index (χ0v) is 13.7. The second-order valence-electron chi connectivity index (χ2n) is 6.24. The predicted molar refractivity (Wildman–Crippen MR) is 86.0 cm³/mol. The Hall–Kier alpha value is -2.77. The number of carbonyl (C=O) groups excluding carboxylic acids is 2. The van der Waals surface area contributed by atoms with E-state index >= 15 is 0 Å². The Balaban J connectivity index is 1.66. The van der Waals surface area contributed by atoms with Gasteiger partial charge in [-0.25, -0.2) is 8.78 Å². The summed E-state index contributed by atoms with van der Waals surface area (Å²) in [6.07, 6.45) is 2.73. The highest BCUT2D eigenvalue weighted by Crippen LogP contribution is 2.22. The molecule has 0 saturated heterocycles. The molecule has 0 saturated carbocycles. The number of rotatable bonds is 4. The van der Waals surface area contributed by atoms with Crippen LogP contribution in [0.4, 0.5) is 8.78 Å².